The summed E-state index contributed by atoms with van der Waals surface area (Å²) in [5.74, 6) is -2.07. The van der Waals surface area contributed by atoms with Gasteiger partial charge in [-0.25, -0.2) is 13.8 Å². The van der Waals surface area contributed by atoms with Crippen LogP contribution in [-0.2, 0) is 16.1 Å². The molecule has 0 fully saturated rings. The molecule has 0 saturated heterocycles. The molecule has 6 nitrogen and oxygen atoms in total. The highest BCUT2D eigenvalue weighted by Crippen LogP contribution is 2.20. The number of halogens is 2. The first-order valence-electron chi connectivity index (χ1n) is 8.36. The van der Waals surface area contributed by atoms with E-state index in [1.165, 1.54) is 11.7 Å². The van der Waals surface area contributed by atoms with Crippen LogP contribution in [0.15, 0.2) is 52.4 Å². The number of amides is 1. The maximum atomic E-state index is 13.7. The fourth-order valence-corrected chi connectivity index (χ4v) is 3.37. The van der Waals surface area contributed by atoms with Crippen LogP contribution in [0.25, 0.3) is 10.9 Å². The summed E-state index contributed by atoms with van der Waals surface area (Å²) in [4.78, 5) is 29.4. The number of benzene rings is 2. The second kappa shape index (κ2) is 8.94. The number of thioether (sulfide) groups is 1. The van der Waals surface area contributed by atoms with Crippen molar-refractivity contribution >= 4 is 34.3 Å². The van der Waals surface area contributed by atoms with E-state index in [4.69, 9.17) is 4.74 Å². The number of nitrogens with one attached hydrogen (secondary N) is 1. The molecular formula is C19H17F2N3O3S. The third-order valence-corrected chi connectivity index (χ3v) is 4.86. The molecule has 0 unspecified atom stereocenters. The number of hydrogen-bond donors (Lipinski definition) is 1. The first kappa shape index (κ1) is 20.0. The van der Waals surface area contributed by atoms with Crippen LogP contribution < -0.4 is 10.9 Å². The number of hydrogen-bond acceptors (Lipinski definition) is 5. The average Bonchev–Trinajstić information content (AvgIpc) is 2.69. The topological polar surface area (TPSA) is 73.2 Å². The minimum Gasteiger partial charge on any atom is -0.383 e. The summed E-state index contributed by atoms with van der Waals surface area (Å²) in [6.07, 6.45) is 0. The van der Waals surface area contributed by atoms with Crippen molar-refractivity contribution in [3.63, 3.8) is 0 Å². The Morgan fingerprint density at radius 2 is 2.04 bits per heavy atom. The highest BCUT2D eigenvalue weighted by atomic mass is 32.2. The molecule has 0 spiro atoms. The van der Waals surface area contributed by atoms with Gasteiger partial charge < -0.3 is 10.1 Å². The maximum Gasteiger partial charge on any atom is 0.262 e. The molecule has 2 aromatic carbocycles. The van der Waals surface area contributed by atoms with Gasteiger partial charge in [0, 0.05) is 13.2 Å². The van der Waals surface area contributed by atoms with Crippen LogP contribution in [0.1, 0.15) is 0 Å². The molecule has 0 saturated carbocycles. The number of anilines is 1. The van der Waals surface area contributed by atoms with E-state index < -0.39 is 17.5 Å². The fourth-order valence-electron chi connectivity index (χ4n) is 2.55. The van der Waals surface area contributed by atoms with Crippen LogP contribution in [-0.4, -0.2) is 34.9 Å². The quantitative estimate of drug-likeness (QED) is 0.483. The van der Waals surface area contributed by atoms with Gasteiger partial charge in [-0.3, -0.25) is 14.2 Å². The number of methoxy groups -OCH3 is 1. The number of nitrogens with zero attached hydrogens (tertiary/aromatic N) is 2. The largest absolute Gasteiger partial charge is 0.383 e. The highest BCUT2D eigenvalue weighted by molar-refractivity contribution is 7.99. The van der Waals surface area contributed by atoms with Gasteiger partial charge in [0.2, 0.25) is 5.91 Å². The molecular weight excluding hydrogens is 388 g/mol. The molecule has 0 aliphatic carbocycles. The van der Waals surface area contributed by atoms with Gasteiger partial charge in [0.1, 0.15) is 11.6 Å². The smallest absolute Gasteiger partial charge is 0.262 e. The monoisotopic (exact) mass is 405 g/mol. The lowest BCUT2D eigenvalue weighted by molar-refractivity contribution is -0.113. The van der Waals surface area contributed by atoms with E-state index >= 15 is 0 Å². The van der Waals surface area contributed by atoms with E-state index in [0.717, 1.165) is 30.0 Å². The normalized spacial score (nSPS) is 11.0. The third-order valence-electron chi connectivity index (χ3n) is 3.88. The molecule has 1 heterocycles. The van der Waals surface area contributed by atoms with Crippen LogP contribution in [0.2, 0.25) is 0 Å². The van der Waals surface area contributed by atoms with Crippen molar-refractivity contribution in [1.29, 1.82) is 0 Å². The van der Waals surface area contributed by atoms with Crippen molar-refractivity contribution in [1.82, 2.24) is 9.55 Å². The van der Waals surface area contributed by atoms with Crippen LogP contribution >= 0.6 is 11.8 Å². The molecule has 0 bridgehead atoms. The van der Waals surface area contributed by atoms with Gasteiger partial charge in [0.05, 0.1) is 35.5 Å². The molecule has 28 heavy (non-hydrogen) atoms. The lowest BCUT2D eigenvalue weighted by Crippen LogP contribution is -2.26. The number of carbonyl (C=O) groups is 1. The predicted octanol–water partition coefficient (Wildman–Crippen LogP) is 3.05. The van der Waals surface area contributed by atoms with Crippen molar-refractivity contribution in [2.45, 2.75) is 11.7 Å². The molecule has 146 valence electrons. The van der Waals surface area contributed by atoms with Crippen LogP contribution in [0.3, 0.4) is 0 Å². The summed E-state index contributed by atoms with van der Waals surface area (Å²) in [6, 6.07) is 9.72. The molecule has 1 N–H and O–H groups in total. The van der Waals surface area contributed by atoms with Crippen molar-refractivity contribution in [2.24, 2.45) is 0 Å². The lowest BCUT2D eigenvalue weighted by Gasteiger charge is -2.13. The lowest BCUT2D eigenvalue weighted by atomic mass is 10.2. The van der Waals surface area contributed by atoms with Gasteiger partial charge in [-0.05, 0) is 24.3 Å². The van der Waals surface area contributed by atoms with E-state index in [1.807, 2.05) is 0 Å². The van der Waals surface area contributed by atoms with Crippen LogP contribution in [0.4, 0.5) is 14.5 Å². The van der Waals surface area contributed by atoms with Gasteiger partial charge in [0.15, 0.2) is 5.16 Å². The van der Waals surface area contributed by atoms with Crippen molar-refractivity contribution < 1.29 is 18.3 Å². The molecule has 0 radical (unpaired) electrons. The zero-order chi connectivity index (χ0) is 20.1. The van der Waals surface area contributed by atoms with Crippen molar-refractivity contribution in [3.8, 4) is 0 Å². The van der Waals surface area contributed by atoms with E-state index in [2.05, 4.69) is 10.3 Å². The summed E-state index contributed by atoms with van der Waals surface area (Å²) in [7, 11) is 1.52. The SMILES string of the molecule is COCCn1c(SCC(=O)Nc2cc(F)ccc2F)nc2ccccc2c1=O. The second-order valence-electron chi connectivity index (χ2n) is 5.82. The van der Waals surface area contributed by atoms with E-state index in [0.29, 0.717) is 22.7 Å². The standard InChI is InChI=1S/C19H17F2N3O3S/c1-27-9-8-24-18(26)13-4-2-3-5-15(13)23-19(24)28-11-17(25)22-16-10-12(20)6-7-14(16)21/h2-7,10H,8-9,11H2,1H3,(H,22,25). The van der Waals surface area contributed by atoms with Crippen molar-refractivity contribution in [3.05, 3.63) is 64.5 Å². The number of fused-ring (bicyclic) bond motifs is 1. The maximum absolute atomic E-state index is 13.7. The number of aromatic nitrogens is 2. The molecule has 0 atom stereocenters. The highest BCUT2D eigenvalue weighted by Gasteiger charge is 2.14. The van der Waals surface area contributed by atoms with Gasteiger partial charge in [-0.15, -0.1) is 0 Å². The number of carbonyl (C=O) groups excluding carboxylic acids is 1. The zero-order valence-corrected chi connectivity index (χ0v) is 15.8. The number of ether oxygens (including phenoxy) is 1. The number of para-hydroxylation sites is 1. The summed E-state index contributed by atoms with van der Waals surface area (Å²) in [6.45, 7) is 0.573. The Balaban J connectivity index is 1.81. The minimum atomic E-state index is -0.736. The molecule has 0 aliphatic heterocycles. The molecule has 0 aliphatic rings. The van der Waals surface area contributed by atoms with Gasteiger partial charge in [-0.1, -0.05) is 23.9 Å². The average molecular weight is 405 g/mol. The Bertz CT molecular complexity index is 1070. The Hall–Kier alpha value is -2.78. The summed E-state index contributed by atoms with van der Waals surface area (Å²) < 4.78 is 33.4. The van der Waals surface area contributed by atoms with Gasteiger partial charge >= 0.3 is 0 Å². The van der Waals surface area contributed by atoms with E-state index in [9.17, 15) is 18.4 Å². The molecule has 3 aromatic rings. The Kier molecular flexibility index (Phi) is 6.37. The number of rotatable bonds is 7. The Morgan fingerprint density at radius 3 is 2.82 bits per heavy atom. The molecule has 3 rings (SSSR count). The fraction of sp³-hybridized carbons (Fsp3) is 0.211. The van der Waals surface area contributed by atoms with Crippen LogP contribution in [0.5, 0.6) is 0 Å². The zero-order valence-electron chi connectivity index (χ0n) is 14.9. The summed E-state index contributed by atoms with van der Waals surface area (Å²) in [5, 5.41) is 3.13. The Labute approximate surface area is 163 Å². The van der Waals surface area contributed by atoms with Crippen LogP contribution in [0, 0.1) is 11.6 Å². The first-order chi connectivity index (χ1) is 13.5. The Morgan fingerprint density at radius 1 is 1.25 bits per heavy atom. The molecule has 1 aromatic heterocycles. The van der Waals surface area contributed by atoms with Gasteiger partial charge in [0.25, 0.3) is 5.56 Å². The summed E-state index contributed by atoms with van der Waals surface area (Å²) in [5.41, 5.74) is 0.0378. The minimum absolute atomic E-state index is 0.131. The molecule has 9 heteroatoms. The third kappa shape index (κ3) is 4.55. The molecule has 1 amide bonds. The predicted molar refractivity (Wildman–Crippen MR) is 104 cm³/mol. The second-order valence-corrected chi connectivity index (χ2v) is 6.76. The summed E-state index contributed by atoms with van der Waals surface area (Å²) >= 11 is 1.03. The first-order valence-corrected chi connectivity index (χ1v) is 9.34. The van der Waals surface area contributed by atoms with Gasteiger partial charge in [-0.2, -0.15) is 0 Å². The van der Waals surface area contributed by atoms with E-state index in [1.54, 1.807) is 24.3 Å². The van der Waals surface area contributed by atoms with E-state index in [-0.39, 0.29) is 23.5 Å². The van der Waals surface area contributed by atoms with Crippen molar-refractivity contribution in [2.75, 3.05) is 24.8 Å².